The van der Waals surface area contributed by atoms with Crippen LogP contribution in [0.5, 0.6) is 0 Å². The highest BCUT2D eigenvalue weighted by Gasteiger charge is 2.28. The molecule has 10 heteroatoms. The molecule has 2 aliphatic rings. The lowest BCUT2D eigenvalue weighted by atomic mass is 9.99. The van der Waals surface area contributed by atoms with E-state index in [1.54, 1.807) is 12.1 Å². The summed E-state index contributed by atoms with van der Waals surface area (Å²) in [5.74, 6) is 0.668. The first-order valence-corrected chi connectivity index (χ1v) is 12.6. The molecule has 3 N–H and O–H groups in total. The Morgan fingerprint density at radius 2 is 1.78 bits per heavy atom. The van der Waals surface area contributed by atoms with Gasteiger partial charge in [-0.2, -0.15) is 0 Å². The molecule has 1 aliphatic carbocycles. The lowest BCUT2D eigenvalue weighted by Gasteiger charge is -2.28. The number of amides is 5. The molecule has 1 saturated carbocycles. The van der Waals surface area contributed by atoms with Gasteiger partial charge in [0, 0.05) is 25.6 Å². The van der Waals surface area contributed by atoms with Gasteiger partial charge in [0.2, 0.25) is 5.91 Å². The third-order valence-corrected chi connectivity index (χ3v) is 7.44. The summed E-state index contributed by atoms with van der Waals surface area (Å²) in [5, 5.41) is 5.46. The lowest BCUT2D eigenvalue weighted by molar-refractivity contribution is -0.131. The summed E-state index contributed by atoms with van der Waals surface area (Å²) in [4.78, 5) is 37.5. The van der Waals surface area contributed by atoms with Crippen LogP contribution in [-0.4, -0.2) is 50.4 Å². The molecule has 3 atom stereocenters. The molecule has 176 valence electrons. The van der Waals surface area contributed by atoms with Crippen LogP contribution in [0.4, 0.5) is 9.59 Å². The first-order valence-electron chi connectivity index (χ1n) is 11.1. The molecule has 32 heavy (non-hydrogen) atoms. The maximum atomic E-state index is 12.5. The van der Waals surface area contributed by atoms with Crippen molar-refractivity contribution >= 4 is 28.0 Å². The maximum absolute atomic E-state index is 12.5. The standard InChI is InChI=1S/C22H32N4O5S/c1-15-3-6-18(13-15)24-21(28)25-32(30,31)19-7-4-17(5-8-19)9-11-23-22(29)26-12-10-16(2)14-20(26)27/h4-5,7-8,15-16,18H,3,6,9-14H2,1-2H3,(H,23,29)(H2,24,25,28). The van der Waals surface area contributed by atoms with Crippen molar-refractivity contribution in [3.8, 4) is 0 Å². The molecule has 5 amide bonds. The molecule has 0 bridgehead atoms. The first-order chi connectivity index (χ1) is 15.1. The van der Waals surface area contributed by atoms with Crippen LogP contribution in [-0.2, 0) is 21.2 Å². The number of benzene rings is 1. The van der Waals surface area contributed by atoms with Gasteiger partial charge in [0.1, 0.15) is 0 Å². The predicted molar refractivity (Wildman–Crippen MR) is 119 cm³/mol. The van der Waals surface area contributed by atoms with Gasteiger partial charge in [0.15, 0.2) is 0 Å². The van der Waals surface area contributed by atoms with Gasteiger partial charge >= 0.3 is 12.1 Å². The largest absolute Gasteiger partial charge is 0.337 e. The molecule has 0 spiro atoms. The Morgan fingerprint density at radius 3 is 2.41 bits per heavy atom. The van der Waals surface area contributed by atoms with E-state index in [1.165, 1.54) is 17.0 Å². The number of rotatable bonds is 6. The van der Waals surface area contributed by atoms with Crippen molar-refractivity contribution in [2.24, 2.45) is 11.8 Å². The number of hydrogen-bond acceptors (Lipinski definition) is 5. The zero-order valence-electron chi connectivity index (χ0n) is 18.6. The van der Waals surface area contributed by atoms with Crippen LogP contribution < -0.4 is 15.4 Å². The van der Waals surface area contributed by atoms with E-state index in [1.807, 2.05) is 6.92 Å². The first kappa shape index (κ1) is 24.0. The molecule has 1 aromatic rings. The monoisotopic (exact) mass is 464 g/mol. The van der Waals surface area contributed by atoms with E-state index in [9.17, 15) is 22.8 Å². The summed E-state index contributed by atoms with van der Waals surface area (Å²) in [6.07, 6.45) is 4.40. The Labute approximate surface area is 189 Å². The van der Waals surface area contributed by atoms with Crippen LogP contribution in [0, 0.1) is 11.8 Å². The summed E-state index contributed by atoms with van der Waals surface area (Å²) >= 11 is 0. The number of hydrogen-bond donors (Lipinski definition) is 3. The van der Waals surface area contributed by atoms with Crippen molar-refractivity contribution in [3.05, 3.63) is 29.8 Å². The molecule has 1 aliphatic heterocycles. The molecule has 0 aromatic heterocycles. The number of carbonyl (C=O) groups excluding carboxylic acids is 3. The van der Waals surface area contributed by atoms with Gasteiger partial charge in [-0.05, 0) is 61.6 Å². The Balaban J connectivity index is 1.46. The fourth-order valence-corrected chi connectivity index (χ4v) is 5.09. The minimum absolute atomic E-state index is 0.00131. The van der Waals surface area contributed by atoms with E-state index in [0.29, 0.717) is 37.8 Å². The molecule has 1 heterocycles. The number of nitrogens with zero attached hydrogens (tertiary/aromatic N) is 1. The summed E-state index contributed by atoms with van der Waals surface area (Å²) in [5.41, 5.74) is 0.826. The average molecular weight is 465 g/mol. The van der Waals surface area contributed by atoms with Crippen molar-refractivity contribution < 1.29 is 22.8 Å². The van der Waals surface area contributed by atoms with E-state index < -0.39 is 22.1 Å². The van der Waals surface area contributed by atoms with Crippen LogP contribution in [0.25, 0.3) is 0 Å². The lowest BCUT2D eigenvalue weighted by Crippen LogP contribution is -2.48. The third-order valence-electron chi connectivity index (χ3n) is 6.10. The molecule has 9 nitrogen and oxygen atoms in total. The van der Waals surface area contributed by atoms with Crippen LogP contribution in [0.15, 0.2) is 29.2 Å². The fourth-order valence-electron chi connectivity index (χ4n) is 4.18. The average Bonchev–Trinajstić information content (AvgIpc) is 3.12. The molecule has 3 rings (SSSR count). The van der Waals surface area contributed by atoms with Crippen molar-refractivity contribution in [1.82, 2.24) is 20.3 Å². The number of urea groups is 2. The number of nitrogens with one attached hydrogen (secondary N) is 3. The van der Waals surface area contributed by atoms with Crippen LogP contribution in [0.3, 0.4) is 0 Å². The topological polar surface area (TPSA) is 125 Å². The van der Waals surface area contributed by atoms with E-state index in [4.69, 9.17) is 0 Å². The van der Waals surface area contributed by atoms with Gasteiger partial charge in [0.25, 0.3) is 10.0 Å². The fraction of sp³-hybridized carbons (Fsp3) is 0.591. The van der Waals surface area contributed by atoms with E-state index in [0.717, 1.165) is 31.2 Å². The number of imide groups is 1. The van der Waals surface area contributed by atoms with Crippen LogP contribution in [0.1, 0.15) is 51.5 Å². The van der Waals surface area contributed by atoms with Gasteiger partial charge in [0.05, 0.1) is 4.90 Å². The molecule has 1 aromatic carbocycles. The van der Waals surface area contributed by atoms with Crippen molar-refractivity contribution in [2.45, 2.75) is 63.3 Å². The predicted octanol–water partition coefficient (Wildman–Crippen LogP) is 2.37. The number of likely N-dealkylation sites (tertiary alicyclic amines) is 1. The number of sulfonamides is 1. The summed E-state index contributed by atoms with van der Waals surface area (Å²) in [6.45, 7) is 4.86. The second-order valence-electron chi connectivity index (χ2n) is 8.96. The highest BCUT2D eigenvalue weighted by atomic mass is 32.2. The van der Waals surface area contributed by atoms with Gasteiger partial charge in [-0.25, -0.2) is 22.7 Å². The Bertz CT molecular complexity index is 948. The minimum atomic E-state index is -3.97. The van der Waals surface area contributed by atoms with Crippen molar-refractivity contribution in [1.29, 1.82) is 0 Å². The van der Waals surface area contributed by atoms with E-state index in [2.05, 4.69) is 22.3 Å². The van der Waals surface area contributed by atoms with Gasteiger partial charge < -0.3 is 10.6 Å². The quantitative estimate of drug-likeness (QED) is 0.596. The second kappa shape index (κ2) is 10.3. The summed E-state index contributed by atoms with van der Waals surface area (Å²) < 4.78 is 27.0. The van der Waals surface area contributed by atoms with Crippen LogP contribution >= 0.6 is 0 Å². The molecular weight excluding hydrogens is 432 g/mol. The van der Waals surface area contributed by atoms with Gasteiger partial charge in [-0.3, -0.25) is 9.69 Å². The minimum Gasteiger partial charge on any atom is -0.337 e. The smallest absolute Gasteiger partial charge is 0.328 e. The molecule has 3 unspecified atom stereocenters. The third kappa shape index (κ3) is 6.44. The summed E-state index contributed by atoms with van der Waals surface area (Å²) in [6, 6.07) is 5.04. The molecule has 0 radical (unpaired) electrons. The number of piperidine rings is 1. The highest BCUT2D eigenvalue weighted by molar-refractivity contribution is 7.90. The Kier molecular flexibility index (Phi) is 7.76. The van der Waals surface area contributed by atoms with Crippen molar-refractivity contribution in [2.75, 3.05) is 13.1 Å². The Hall–Kier alpha value is -2.62. The SMILES string of the molecule is CC1CCN(C(=O)NCCc2ccc(S(=O)(=O)NC(=O)NC3CCC(C)C3)cc2)C(=O)C1. The summed E-state index contributed by atoms with van der Waals surface area (Å²) in [7, 11) is -3.97. The van der Waals surface area contributed by atoms with E-state index >= 15 is 0 Å². The molecule has 1 saturated heterocycles. The van der Waals surface area contributed by atoms with Crippen molar-refractivity contribution in [3.63, 3.8) is 0 Å². The van der Waals surface area contributed by atoms with Gasteiger partial charge in [-0.1, -0.05) is 26.0 Å². The zero-order valence-corrected chi connectivity index (χ0v) is 19.4. The zero-order chi connectivity index (χ0) is 23.3. The molecule has 2 fully saturated rings. The van der Waals surface area contributed by atoms with Gasteiger partial charge in [-0.15, -0.1) is 0 Å². The number of carbonyl (C=O) groups is 3. The highest BCUT2D eigenvalue weighted by Crippen LogP contribution is 2.24. The maximum Gasteiger partial charge on any atom is 0.328 e. The molecular formula is C22H32N4O5S. The normalized spacial score (nSPS) is 23.6. The van der Waals surface area contributed by atoms with Crippen LogP contribution in [0.2, 0.25) is 0 Å². The second-order valence-corrected chi connectivity index (χ2v) is 10.6. The Morgan fingerprint density at radius 1 is 1.06 bits per heavy atom. The van der Waals surface area contributed by atoms with E-state index in [-0.39, 0.29) is 16.8 Å².